The first kappa shape index (κ1) is 48.5. The van der Waals surface area contributed by atoms with Crippen molar-refractivity contribution >= 4 is 35.3 Å². The number of cyclic esters (lactones) is 1. The highest BCUT2D eigenvalue weighted by Crippen LogP contribution is 2.39. The van der Waals surface area contributed by atoms with Crippen molar-refractivity contribution in [3.05, 3.63) is 105 Å². The molecule has 2 aromatic carbocycles. The third-order valence-electron chi connectivity index (χ3n) is 10.9. The standard InChI is InChI=1S/C44H54N2O16/c1-8-36(43(50)62-60-35-19-15-33(16-20-35)46(54)55)29(5)41-37(57-41)24-26(2)10-9-11-27(3)40-28(4)12-21-38(56-30(6)47)44(7,51)23-22-31(25-39(48)58-40)42(49)61-59-34-17-13-32(14-18-34)45(52)53/h9-21,26,28-29,31,36-38,40-41,51H,8,22-25H2,1-7H3/b10-9+,21-12-,27-11+. The van der Waals surface area contributed by atoms with Crippen LogP contribution < -0.4 is 9.78 Å². The lowest BCUT2D eigenvalue weighted by Gasteiger charge is -2.32. The summed E-state index contributed by atoms with van der Waals surface area (Å²) < 4.78 is 17.4. The van der Waals surface area contributed by atoms with E-state index < -0.39 is 75.7 Å². The molecule has 0 aromatic heterocycles. The third kappa shape index (κ3) is 14.2. The lowest BCUT2D eigenvalue weighted by molar-refractivity contribution is -0.385. The van der Waals surface area contributed by atoms with Gasteiger partial charge >= 0.3 is 23.9 Å². The Morgan fingerprint density at radius 1 is 0.952 bits per heavy atom. The predicted octanol–water partition coefficient (Wildman–Crippen LogP) is 7.42. The molecule has 62 heavy (non-hydrogen) atoms. The van der Waals surface area contributed by atoms with E-state index in [1.165, 1.54) is 68.5 Å². The van der Waals surface area contributed by atoms with Gasteiger partial charge in [0.1, 0.15) is 17.8 Å². The van der Waals surface area contributed by atoms with E-state index >= 15 is 0 Å². The summed E-state index contributed by atoms with van der Waals surface area (Å²) in [7, 11) is 0. The molecule has 2 aliphatic rings. The zero-order valence-electron chi connectivity index (χ0n) is 35.7. The number of ether oxygens (including phenoxy) is 3. The molecule has 18 heteroatoms. The molecule has 4 rings (SSSR count). The Labute approximate surface area is 358 Å². The molecular weight excluding hydrogens is 812 g/mol. The number of hydrogen-bond acceptors (Lipinski definition) is 16. The summed E-state index contributed by atoms with van der Waals surface area (Å²) in [6, 6.07) is 9.97. The van der Waals surface area contributed by atoms with Gasteiger partial charge in [-0.15, -0.1) is 0 Å². The minimum atomic E-state index is -1.66. The number of esters is 2. The fourth-order valence-electron chi connectivity index (χ4n) is 7.13. The van der Waals surface area contributed by atoms with E-state index in [2.05, 4.69) is 0 Å². The molecule has 10 atom stereocenters. The summed E-state index contributed by atoms with van der Waals surface area (Å²) in [4.78, 5) is 92.7. The summed E-state index contributed by atoms with van der Waals surface area (Å²) in [6.07, 6.45) is 7.13. The topological polar surface area (TPSA) is 243 Å². The molecule has 336 valence electrons. The molecule has 2 heterocycles. The van der Waals surface area contributed by atoms with Crippen molar-refractivity contribution < 1.29 is 67.9 Å². The van der Waals surface area contributed by atoms with Crippen molar-refractivity contribution in [3.8, 4) is 11.5 Å². The maximum absolute atomic E-state index is 13.5. The third-order valence-corrected chi connectivity index (χ3v) is 10.9. The maximum Gasteiger partial charge on any atom is 0.359 e. The number of carbonyl (C=O) groups excluding carboxylic acids is 4. The molecule has 18 nitrogen and oxygen atoms in total. The fraction of sp³-hybridized carbons (Fsp3) is 0.500. The minimum Gasteiger partial charge on any atom is -0.457 e. The second kappa shape index (κ2) is 22.1. The number of hydrogen-bond donors (Lipinski definition) is 1. The van der Waals surface area contributed by atoms with Crippen LogP contribution in [0.1, 0.15) is 80.6 Å². The van der Waals surface area contributed by atoms with Gasteiger partial charge in [-0.1, -0.05) is 52.0 Å². The van der Waals surface area contributed by atoms with E-state index in [9.17, 15) is 44.5 Å². The molecule has 0 bridgehead atoms. The molecule has 10 unspecified atom stereocenters. The molecule has 1 N–H and O–H groups in total. The Bertz CT molecular complexity index is 1990. The maximum atomic E-state index is 13.5. The van der Waals surface area contributed by atoms with Gasteiger partial charge in [0, 0.05) is 37.1 Å². The summed E-state index contributed by atoms with van der Waals surface area (Å²) in [5, 5.41) is 33.3. The van der Waals surface area contributed by atoms with E-state index in [0.717, 1.165) is 0 Å². The van der Waals surface area contributed by atoms with Crippen LogP contribution in [0.25, 0.3) is 0 Å². The zero-order valence-corrected chi connectivity index (χ0v) is 35.7. The molecule has 0 saturated carbocycles. The molecule has 1 fully saturated rings. The first-order valence-electron chi connectivity index (χ1n) is 20.3. The highest BCUT2D eigenvalue weighted by Gasteiger charge is 2.47. The summed E-state index contributed by atoms with van der Waals surface area (Å²) in [6.45, 7) is 12.0. The molecule has 0 radical (unpaired) electrons. The number of allylic oxidation sites excluding steroid dienone is 3. The average molecular weight is 867 g/mol. The first-order chi connectivity index (χ1) is 29.3. The van der Waals surface area contributed by atoms with Gasteiger partial charge in [-0.3, -0.25) is 49.4 Å². The Morgan fingerprint density at radius 2 is 1.53 bits per heavy atom. The van der Waals surface area contributed by atoms with Crippen molar-refractivity contribution in [2.24, 2.45) is 29.6 Å². The number of nitro benzene ring substituents is 2. The Morgan fingerprint density at radius 3 is 2.08 bits per heavy atom. The van der Waals surface area contributed by atoms with Gasteiger partial charge in [-0.2, -0.15) is 0 Å². The number of aliphatic hydroxyl groups is 1. The van der Waals surface area contributed by atoms with Crippen molar-refractivity contribution in [2.45, 2.75) is 111 Å². The number of benzene rings is 2. The second-order valence-corrected chi connectivity index (χ2v) is 16.0. The van der Waals surface area contributed by atoms with E-state index in [1.807, 2.05) is 32.9 Å². The zero-order chi connectivity index (χ0) is 45.7. The predicted molar refractivity (Wildman–Crippen MR) is 220 cm³/mol. The fourth-order valence-corrected chi connectivity index (χ4v) is 7.13. The lowest BCUT2D eigenvalue weighted by Crippen LogP contribution is -2.42. The summed E-state index contributed by atoms with van der Waals surface area (Å²) >= 11 is 0. The van der Waals surface area contributed by atoms with Crippen molar-refractivity contribution in [2.75, 3.05) is 0 Å². The van der Waals surface area contributed by atoms with Crippen LogP contribution in [-0.2, 0) is 43.2 Å². The van der Waals surface area contributed by atoms with Crippen LogP contribution >= 0.6 is 0 Å². The summed E-state index contributed by atoms with van der Waals surface area (Å²) in [5.41, 5.74) is -1.32. The van der Waals surface area contributed by atoms with Gasteiger partial charge in [0.2, 0.25) is 0 Å². The molecular formula is C44H54N2O16. The van der Waals surface area contributed by atoms with Crippen molar-refractivity contribution in [1.29, 1.82) is 0 Å². The molecule has 0 spiro atoms. The van der Waals surface area contributed by atoms with E-state index in [1.54, 1.807) is 26.0 Å². The number of nitro groups is 2. The second-order valence-electron chi connectivity index (χ2n) is 16.0. The van der Waals surface area contributed by atoms with Crippen molar-refractivity contribution in [3.63, 3.8) is 0 Å². The Balaban J connectivity index is 1.40. The van der Waals surface area contributed by atoms with Gasteiger partial charge in [0.15, 0.2) is 11.5 Å². The number of epoxide rings is 1. The van der Waals surface area contributed by atoms with Gasteiger partial charge in [0.25, 0.3) is 11.4 Å². The van der Waals surface area contributed by atoms with E-state index in [0.29, 0.717) is 18.4 Å². The summed E-state index contributed by atoms with van der Waals surface area (Å²) in [5.74, 6) is -5.02. The van der Waals surface area contributed by atoms with E-state index in [-0.39, 0.29) is 59.8 Å². The largest absolute Gasteiger partial charge is 0.457 e. The average Bonchev–Trinajstić information content (AvgIpc) is 3.99. The van der Waals surface area contributed by atoms with Crippen LogP contribution in [0.4, 0.5) is 11.4 Å². The first-order valence-corrected chi connectivity index (χ1v) is 20.3. The van der Waals surface area contributed by atoms with Crippen LogP contribution in [0.5, 0.6) is 11.5 Å². The van der Waals surface area contributed by atoms with Gasteiger partial charge in [0.05, 0.1) is 40.3 Å². The van der Waals surface area contributed by atoms with Crippen LogP contribution in [0, 0.1) is 49.8 Å². The van der Waals surface area contributed by atoms with Crippen molar-refractivity contribution in [1.82, 2.24) is 0 Å². The number of non-ortho nitro benzene ring substituents is 2. The molecule has 0 aliphatic carbocycles. The monoisotopic (exact) mass is 866 g/mol. The van der Waals surface area contributed by atoms with Gasteiger partial charge in [-0.05, 0) is 87.3 Å². The molecule has 0 amide bonds. The Kier molecular flexibility index (Phi) is 17.3. The highest BCUT2D eigenvalue weighted by molar-refractivity contribution is 5.80. The minimum absolute atomic E-state index is 0.000512. The van der Waals surface area contributed by atoms with Crippen LogP contribution in [0.2, 0.25) is 0 Å². The van der Waals surface area contributed by atoms with Crippen LogP contribution in [0.15, 0.2) is 84.5 Å². The van der Waals surface area contributed by atoms with Crippen LogP contribution in [0.3, 0.4) is 0 Å². The van der Waals surface area contributed by atoms with E-state index in [4.69, 9.17) is 33.8 Å². The number of nitrogens with zero attached hydrogens (tertiary/aromatic N) is 2. The molecule has 1 saturated heterocycles. The lowest BCUT2D eigenvalue weighted by atomic mass is 9.86. The van der Waals surface area contributed by atoms with Gasteiger partial charge < -0.3 is 19.3 Å². The normalized spacial score (nSPS) is 26.3. The SMILES string of the molecule is CCC(C(=O)OOc1ccc([N+](=O)[O-])cc1)C(C)C1OC1CC(C)/C=C/C=C(\C)C1OC(=O)CC(C(=O)OOc2ccc([N+](=O)[O-])cc2)CCC(C)(O)C(OC(C)=O)/C=C\C1C. The Hall–Kier alpha value is -6.14. The smallest absolute Gasteiger partial charge is 0.359 e. The highest BCUT2D eigenvalue weighted by atomic mass is 17.2. The van der Waals surface area contributed by atoms with Gasteiger partial charge in [-0.25, -0.2) is 9.59 Å². The number of rotatable bonds is 17. The quantitative estimate of drug-likeness (QED) is 0.0309. The number of carbonyl (C=O) groups is 4. The molecule has 2 aromatic rings. The molecule has 2 aliphatic heterocycles. The van der Waals surface area contributed by atoms with Crippen LogP contribution in [-0.4, -0.2) is 68.8 Å².